The minimum Gasteiger partial charge on any atom is -0.452 e. The molecule has 1 aliphatic rings. The summed E-state index contributed by atoms with van der Waals surface area (Å²) < 4.78 is 5.76. The number of hydrogen-bond acceptors (Lipinski definition) is 4. The minimum atomic E-state index is -0.822. The van der Waals surface area contributed by atoms with Crippen molar-refractivity contribution >= 4 is 17.7 Å². The highest BCUT2D eigenvalue weighted by molar-refractivity contribution is 6.17. The van der Waals surface area contributed by atoms with Crippen LogP contribution in [0, 0.1) is 17.8 Å². The quantitative estimate of drug-likeness (QED) is 0.308. The number of hydrogen-bond donors (Lipinski definition) is 1. The number of nitrogens with zero attached hydrogens (tertiary/aromatic N) is 1. The van der Waals surface area contributed by atoms with Crippen LogP contribution in [0.5, 0.6) is 0 Å². The Balaban J connectivity index is 3.62. The van der Waals surface area contributed by atoms with E-state index in [2.05, 4.69) is 32.7 Å². The Bertz CT molecular complexity index is 703. The largest absolute Gasteiger partial charge is 0.452 e. The van der Waals surface area contributed by atoms with Crippen LogP contribution in [0.1, 0.15) is 81.6 Å². The van der Waals surface area contributed by atoms with Gasteiger partial charge >= 0.3 is 5.97 Å². The average Bonchev–Trinajstić information content (AvgIpc) is 2.95. The maximum absolute atomic E-state index is 13.2. The summed E-state index contributed by atoms with van der Waals surface area (Å²) in [7, 11) is 0. The summed E-state index contributed by atoms with van der Waals surface area (Å²) in [5.74, 6) is 0.417. The number of nitrogens with one attached hydrogen (secondary N) is 1. The highest BCUT2D eigenvalue weighted by Gasteiger charge is 2.44. The van der Waals surface area contributed by atoms with Crippen molar-refractivity contribution in [2.24, 2.45) is 22.7 Å². The number of amidine groups is 1. The number of carbonyl (C=O) groups is 2. The fourth-order valence-electron chi connectivity index (χ4n) is 3.32. The van der Waals surface area contributed by atoms with Crippen molar-refractivity contribution in [1.29, 1.82) is 0 Å². The van der Waals surface area contributed by atoms with Crippen molar-refractivity contribution in [3.8, 4) is 0 Å². The number of aliphatic imine (C=N–C) groups is 1. The highest BCUT2D eigenvalue weighted by Crippen LogP contribution is 2.33. The first-order valence-corrected chi connectivity index (χ1v) is 10.8. The summed E-state index contributed by atoms with van der Waals surface area (Å²) in [5.41, 5.74) is -0.204. The normalized spacial score (nSPS) is 22.6. The second-order valence-electron chi connectivity index (χ2n) is 9.37. The Hall–Kier alpha value is -1.91. The second kappa shape index (κ2) is 9.73. The molecule has 0 aliphatic carbocycles. The molecule has 29 heavy (non-hydrogen) atoms. The predicted octanol–water partition coefficient (Wildman–Crippen LogP) is 5.22. The van der Waals surface area contributed by atoms with Gasteiger partial charge < -0.3 is 10.1 Å². The monoisotopic (exact) mass is 404 g/mol. The molecule has 5 nitrogen and oxygen atoms in total. The van der Waals surface area contributed by atoms with Crippen molar-refractivity contribution in [2.75, 3.05) is 0 Å². The van der Waals surface area contributed by atoms with Crippen LogP contribution >= 0.6 is 0 Å². The lowest BCUT2D eigenvalue weighted by molar-refractivity contribution is -0.148. The summed E-state index contributed by atoms with van der Waals surface area (Å²) >= 11 is 0. The van der Waals surface area contributed by atoms with E-state index in [1.165, 1.54) is 0 Å². The van der Waals surface area contributed by atoms with Crippen LogP contribution in [-0.4, -0.2) is 28.9 Å². The summed E-state index contributed by atoms with van der Waals surface area (Å²) in [4.78, 5) is 30.9. The van der Waals surface area contributed by atoms with Crippen molar-refractivity contribution < 1.29 is 14.3 Å². The third-order valence-electron chi connectivity index (χ3n) is 6.00. The molecule has 0 bridgehead atoms. The van der Waals surface area contributed by atoms with Crippen LogP contribution < -0.4 is 5.32 Å². The minimum absolute atomic E-state index is 0.0214. The van der Waals surface area contributed by atoms with E-state index in [9.17, 15) is 9.59 Å². The molecule has 0 saturated carbocycles. The van der Waals surface area contributed by atoms with E-state index in [-0.39, 0.29) is 23.7 Å². The first kappa shape index (κ1) is 25.1. The van der Waals surface area contributed by atoms with Gasteiger partial charge in [-0.1, -0.05) is 54.5 Å². The summed E-state index contributed by atoms with van der Waals surface area (Å²) in [6.07, 6.45) is 3.89. The van der Waals surface area contributed by atoms with Crippen LogP contribution in [0.3, 0.4) is 0 Å². The molecule has 0 aromatic rings. The zero-order valence-electron chi connectivity index (χ0n) is 19.8. The lowest BCUT2D eigenvalue weighted by Crippen LogP contribution is -2.42. The van der Waals surface area contributed by atoms with E-state index in [0.29, 0.717) is 23.7 Å². The highest BCUT2D eigenvalue weighted by atomic mass is 16.6. The number of esters is 1. The summed E-state index contributed by atoms with van der Waals surface area (Å²) in [5, 5.41) is 2.98. The average molecular weight is 405 g/mol. The maximum atomic E-state index is 13.2. The van der Waals surface area contributed by atoms with E-state index in [1.54, 1.807) is 6.08 Å². The van der Waals surface area contributed by atoms with Gasteiger partial charge in [0.05, 0.1) is 0 Å². The predicted molar refractivity (Wildman–Crippen MR) is 120 cm³/mol. The van der Waals surface area contributed by atoms with Gasteiger partial charge in [0.2, 0.25) is 0 Å². The number of ether oxygens (including phenoxy) is 1. The maximum Gasteiger partial charge on any atom is 0.335 e. The van der Waals surface area contributed by atoms with Gasteiger partial charge in [-0.3, -0.25) is 9.79 Å². The Morgan fingerprint density at radius 2 is 1.83 bits per heavy atom. The Labute approximate surface area is 177 Å². The zero-order valence-corrected chi connectivity index (χ0v) is 19.8. The SMILES string of the molecule is C=CC(C)(C)OC(=O)C(=C(CC(C)C)C1=NC(C)(C(C)CC)C(=O)N1)C(C)CC. The van der Waals surface area contributed by atoms with E-state index < -0.39 is 11.1 Å². The van der Waals surface area contributed by atoms with Crippen LogP contribution in [-0.2, 0) is 14.3 Å². The second-order valence-corrected chi connectivity index (χ2v) is 9.37. The molecule has 1 heterocycles. The molecule has 1 N–H and O–H groups in total. The van der Waals surface area contributed by atoms with E-state index >= 15 is 0 Å². The van der Waals surface area contributed by atoms with Gasteiger partial charge in [0, 0.05) is 11.1 Å². The van der Waals surface area contributed by atoms with Crippen LogP contribution in [0.4, 0.5) is 0 Å². The van der Waals surface area contributed by atoms with E-state index in [4.69, 9.17) is 9.73 Å². The molecule has 164 valence electrons. The molecule has 0 fully saturated rings. The van der Waals surface area contributed by atoms with Crippen molar-refractivity contribution in [3.05, 3.63) is 23.8 Å². The molecule has 0 spiro atoms. The number of rotatable bonds is 10. The number of carbonyl (C=O) groups excluding carboxylic acids is 2. The number of amides is 1. The van der Waals surface area contributed by atoms with Gasteiger partial charge in [-0.2, -0.15) is 0 Å². The van der Waals surface area contributed by atoms with Crippen LogP contribution in [0.15, 0.2) is 28.8 Å². The molecule has 5 heteroatoms. The van der Waals surface area contributed by atoms with Crippen LogP contribution in [0.25, 0.3) is 0 Å². The topological polar surface area (TPSA) is 67.8 Å². The molecular weight excluding hydrogens is 364 g/mol. The Morgan fingerprint density at radius 1 is 1.24 bits per heavy atom. The molecule has 1 amide bonds. The standard InChI is InChI=1S/C24H40N2O3/c1-11-16(6)19(21(27)29-23(8,9)13-3)18(14-15(4)5)20-25-22(28)24(10,26-20)17(7)12-2/h13,15-17H,3,11-12,14H2,1-2,4-10H3,(H,25,26,28). The molecular formula is C24H40N2O3. The van der Waals surface area contributed by atoms with Crippen molar-refractivity contribution in [2.45, 2.75) is 92.7 Å². The van der Waals surface area contributed by atoms with Crippen molar-refractivity contribution in [3.63, 3.8) is 0 Å². The van der Waals surface area contributed by atoms with Gasteiger partial charge in [0.25, 0.3) is 5.91 Å². The van der Waals surface area contributed by atoms with Gasteiger partial charge in [0.1, 0.15) is 17.0 Å². The molecule has 0 aromatic heterocycles. The fraction of sp³-hybridized carbons (Fsp3) is 0.708. The molecule has 3 unspecified atom stereocenters. The van der Waals surface area contributed by atoms with Gasteiger partial charge in [0.15, 0.2) is 0 Å². The third-order valence-corrected chi connectivity index (χ3v) is 6.00. The lowest BCUT2D eigenvalue weighted by Gasteiger charge is -2.26. The zero-order chi connectivity index (χ0) is 22.6. The molecule has 0 radical (unpaired) electrons. The summed E-state index contributed by atoms with van der Waals surface area (Å²) in [6.45, 7) is 21.6. The molecule has 1 rings (SSSR count). The summed E-state index contributed by atoms with van der Waals surface area (Å²) in [6, 6.07) is 0. The first-order valence-electron chi connectivity index (χ1n) is 10.8. The van der Waals surface area contributed by atoms with E-state index in [0.717, 1.165) is 18.4 Å². The van der Waals surface area contributed by atoms with Gasteiger partial charge in [-0.05, 0) is 57.4 Å². The van der Waals surface area contributed by atoms with Gasteiger partial charge in [-0.15, -0.1) is 0 Å². The molecule has 0 aromatic carbocycles. The fourth-order valence-corrected chi connectivity index (χ4v) is 3.32. The smallest absolute Gasteiger partial charge is 0.335 e. The van der Waals surface area contributed by atoms with Crippen LogP contribution in [0.2, 0.25) is 0 Å². The Kier molecular flexibility index (Phi) is 8.43. The first-order chi connectivity index (χ1) is 13.3. The Morgan fingerprint density at radius 3 is 2.28 bits per heavy atom. The van der Waals surface area contributed by atoms with Gasteiger partial charge in [-0.25, -0.2) is 4.79 Å². The molecule has 3 atom stereocenters. The lowest BCUT2D eigenvalue weighted by atomic mass is 9.85. The van der Waals surface area contributed by atoms with E-state index in [1.807, 2.05) is 41.5 Å². The third kappa shape index (κ3) is 5.80. The molecule has 0 saturated heterocycles. The molecule has 1 aliphatic heterocycles. The van der Waals surface area contributed by atoms with Crippen molar-refractivity contribution in [1.82, 2.24) is 5.32 Å².